The van der Waals surface area contributed by atoms with Gasteiger partial charge in [0.15, 0.2) is 0 Å². The van der Waals surface area contributed by atoms with Crippen molar-refractivity contribution >= 4 is 12.6 Å². The average Bonchev–Trinajstić information content (AvgIpc) is 2.30. The van der Waals surface area contributed by atoms with Crippen LogP contribution >= 0.6 is 12.6 Å². The largest absolute Gasteiger partial charge is 0.534 e. The van der Waals surface area contributed by atoms with E-state index in [9.17, 15) is 5.11 Å². The van der Waals surface area contributed by atoms with Crippen molar-refractivity contribution in [2.45, 2.75) is 30.0 Å². The van der Waals surface area contributed by atoms with Gasteiger partial charge in [-0.3, -0.25) is 0 Å². The van der Waals surface area contributed by atoms with Crippen LogP contribution in [0.3, 0.4) is 0 Å². The number of thiol groups is 1. The minimum absolute atomic E-state index is 0. The Hall–Kier alpha value is 0.0183. The number of rotatable bonds is 0. The molecule has 2 nitrogen and oxygen atoms in total. The number of fused-ring (bicyclic) bond motifs is 4. The van der Waals surface area contributed by atoms with Gasteiger partial charge >= 0.3 is 0 Å². The maximum absolute atomic E-state index is 9.58. The van der Waals surface area contributed by atoms with Crippen molar-refractivity contribution < 1.29 is 27.5 Å². The van der Waals surface area contributed by atoms with E-state index in [1.807, 2.05) is 6.07 Å². The Morgan fingerprint density at radius 2 is 2.41 bits per heavy atom. The number of hydrogen-bond donors (Lipinski definition) is 2. The standard InChI is InChI=1S/C13H16NOS.W/c1-14-5-4-13(16)8-10(14)6-9-2-3-11(15)7-12(9)13;/h2-3,10,15-16H,4-6,8H2,1H3;/q-1;/t10?,13-;/m1./s1/i8T;/t8?,10?,13-;. The number of piperidine rings is 1. The fourth-order valence-electron chi connectivity index (χ4n) is 2.76. The van der Waals surface area contributed by atoms with Gasteiger partial charge in [-0.2, -0.15) is 18.7 Å². The Morgan fingerprint density at radius 3 is 3.18 bits per heavy atom. The molecule has 0 saturated carbocycles. The molecule has 1 heterocycles. The molecule has 0 radical (unpaired) electrons. The van der Waals surface area contributed by atoms with Crippen LogP contribution in [0.25, 0.3) is 0 Å². The summed E-state index contributed by atoms with van der Waals surface area (Å²) in [7, 11) is 2.08. The molecule has 2 bridgehead atoms. The van der Waals surface area contributed by atoms with Gasteiger partial charge in [-0.25, -0.2) is 0 Å². The number of nitrogens with zero attached hydrogens (tertiary/aromatic N) is 1. The van der Waals surface area contributed by atoms with Gasteiger partial charge in [0.1, 0.15) is 0 Å². The third kappa shape index (κ3) is 2.18. The number of hydrogen-bond acceptors (Lipinski definition) is 3. The molecule has 1 saturated heterocycles. The van der Waals surface area contributed by atoms with Crippen LogP contribution in [0.1, 0.15) is 25.3 Å². The molecule has 3 atom stereocenters. The van der Waals surface area contributed by atoms with E-state index in [1.54, 1.807) is 6.07 Å². The van der Waals surface area contributed by atoms with Gasteiger partial charge in [0, 0.05) is 39.0 Å². The Labute approximate surface area is 123 Å². The first-order valence-corrected chi connectivity index (χ1v) is 6.06. The maximum Gasteiger partial charge on any atom is 0.0299 e. The van der Waals surface area contributed by atoms with Crippen molar-refractivity contribution in [3.63, 3.8) is 0 Å². The van der Waals surface area contributed by atoms with Crippen molar-refractivity contribution in [2.75, 3.05) is 13.6 Å². The van der Waals surface area contributed by atoms with E-state index < -0.39 is 4.75 Å². The molecule has 92 valence electrons. The van der Waals surface area contributed by atoms with Crippen LogP contribution in [0.4, 0.5) is 0 Å². The third-order valence-electron chi connectivity index (χ3n) is 3.76. The Balaban J connectivity index is 0.00000120. The topological polar surface area (TPSA) is 23.5 Å². The van der Waals surface area contributed by atoms with Crippen LogP contribution < -0.4 is 0 Å². The first-order chi connectivity index (χ1) is 8.02. The molecule has 1 fully saturated rings. The molecule has 17 heavy (non-hydrogen) atoms. The second kappa shape index (κ2) is 4.60. The van der Waals surface area contributed by atoms with E-state index >= 15 is 0 Å². The van der Waals surface area contributed by atoms with E-state index in [4.69, 9.17) is 14.0 Å². The van der Waals surface area contributed by atoms with Gasteiger partial charge in [0.2, 0.25) is 0 Å². The van der Waals surface area contributed by atoms with Crippen molar-refractivity contribution in [1.29, 1.82) is 0 Å². The molecule has 1 aliphatic heterocycles. The molecule has 2 unspecified atom stereocenters. The fraction of sp³-hybridized carbons (Fsp3) is 0.538. The zero-order valence-corrected chi connectivity index (χ0v) is 13.5. The fourth-order valence-corrected chi connectivity index (χ4v) is 3.23. The molecule has 3 rings (SSSR count). The van der Waals surface area contributed by atoms with Crippen LogP contribution in [0, 0.1) is 6.07 Å². The number of aromatic hydroxyl groups is 1. The van der Waals surface area contributed by atoms with Gasteiger partial charge in [-0.1, -0.05) is 6.42 Å². The molecule has 4 heteroatoms. The molecule has 1 aromatic rings. The summed E-state index contributed by atoms with van der Waals surface area (Å²) in [5.41, 5.74) is 2.11. The Morgan fingerprint density at radius 1 is 1.65 bits per heavy atom. The van der Waals surface area contributed by atoms with Gasteiger partial charge in [0.05, 0.1) is 0 Å². The first kappa shape index (κ1) is 12.1. The second-order valence-corrected chi connectivity index (χ2v) is 5.63. The number of phenols is 1. The van der Waals surface area contributed by atoms with Gasteiger partial charge in [-0.15, -0.1) is 23.3 Å². The van der Waals surface area contributed by atoms with Crippen molar-refractivity contribution in [3.05, 3.63) is 29.3 Å². The van der Waals surface area contributed by atoms with Gasteiger partial charge < -0.3 is 10.0 Å². The summed E-state index contributed by atoms with van der Waals surface area (Å²) < 4.78 is 7.94. The zero-order valence-electron chi connectivity index (χ0n) is 10.7. The molecule has 0 amide bonds. The van der Waals surface area contributed by atoms with E-state index in [1.165, 1.54) is 5.56 Å². The minimum Gasteiger partial charge on any atom is -0.534 e. The SMILES string of the molecule is [3H]C1C2Cc3ccc(O)[c-]c3[C@@]1(S)CCN2C.[W]. The van der Waals surface area contributed by atoms with Crippen LogP contribution in [-0.4, -0.2) is 29.6 Å². The van der Waals surface area contributed by atoms with Crippen LogP contribution in [0.5, 0.6) is 5.75 Å². The van der Waals surface area contributed by atoms with Crippen LogP contribution in [0.15, 0.2) is 12.1 Å². The summed E-state index contributed by atoms with van der Waals surface area (Å²) in [6.07, 6.45) is 1.44. The Kier molecular flexibility index (Phi) is 3.27. The summed E-state index contributed by atoms with van der Waals surface area (Å²) in [5.74, 6) is 0.154. The number of likely N-dealkylation sites (tertiary alicyclic amines) is 1. The zero-order chi connectivity index (χ0) is 12.2. The number of benzene rings is 1. The smallest absolute Gasteiger partial charge is 0.0299 e. The third-order valence-corrected chi connectivity index (χ3v) is 4.35. The molecule has 0 aromatic heterocycles. The van der Waals surface area contributed by atoms with Gasteiger partial charge in [-0.05, 0) is 26.4 Å². The second-order valence-electron chi connectivity index (χ2n) is 4.84. The molecular weight excluding hydrogens is 402 g/mol. The molecule has 1 N–H and O–H groups in total. The average molecular weight is 420 g/mol. The number of phenolic OH excluding ortho intramolecular Hbond substituents is 1. The van der Waals surface area contributed by atoms with Crippen molar-refractivity contribution in [3.8, 4) is 5.75 Å². The minimum atomic E-state index is -0.455. The van der Waals surface area contributed by atoms with E-state index in [0.29, 0.717) is 0 Å². The summed E-state index contributed by atoms with van der Waals surface area (Å²) in [4.78, 5) is 2.25. The first-order valence-electron chi connectivity index (χ1n) is 6.19. The van der Waals surface area contributed by atoms with Crippen molar-refractivity contribution in [2.24, 2.45) is 0 Å². The van der Waals surface area contributed by atoms with E-state index in [2.05, 4.69) is 18.0 Å². The van der Waals surface area contributed by atoms with Crippen molar-refractivity contribution in [1.82, 2.24) is 4.90 Å². The van der Waals surface area contributed by atoms with E-state index in [0.717, 1.165) is 24.9 Å². The van der Waals surface area contributed by atoms with Crippen LogP contribution in [-0.2, 0) is 32.2 Å². The quantitative estimate of drug-likeness (QED) is 0.496. The van der Waals surface area contributed by atoms with Crippen LogP contribution in [0.2, 0.25) is 0 Å². The Bertz CT molecular complexity index is 472. The summed E-state index contributed by atoms with van der Waals surface area (Å²) >= 11 is 4.77. The maximum atomic E-state index is 9.58. The summed E-state index contributed by atoms with van der Waals surface area (Å²) in [5, 5.41) is 9.58. The predicted octanol–water partition coefficient (Wildman–Crippen LogP) is 1.97. The van der Waals surface area contributed by atoms with E-state index in [-0.39, 0.29) is 39.3 Å². The molecule has 1 aromatic carbocycles. The molecule has 2 aliphatic rings. The molecule has 0 spiro atoms. The normalized spacial score (nSPS) is 36.7. The van der Waals surface area contributed by atoms with Gasteiger partial charge in [0.25, 0.3) is 0 Å². The monoisotopic (exact) mass is 420 g/mol. The number of likely N-dealkylation sites (N-methyl/N-ethyl adjacent to an activating group) is 1. The molecule has 1 aliphatic carbocycles. The summed E-state index contributed by atoms with van der Waals surface area (Å²) in [6, 6.07) is 6.86. The molecular formula is C13H16NOSW-. The predicted molar refractivity (Wildman–Crippen MR) is 67.0 cm³/mol. The summed E-state index contributed by atoms with van der Waals surface area (Å²) in [6.45, 7) is 0.951.